The Morgan fingerprint density at radius 1 is 1.12 bits per heavy atom. The Kier molecular flexibility index (Phi) is 9.83. The predicted molar refractivity (Wildman–Crippen MR) is 166 cm³/mol. The average molecular weight is 580 g/mol. The lowest BCUT2D eigenvalue weighted by Gasteiger charge is -2.20. The van der Waals surface area contributed by atoms with Crippen LogP contribution in [0.3, 0.4) is 0 Å². The Hall–Kier alpha value is -3.69. The van der Waals surface area contributed by atoms with Crippen molar-refractivity contribution in [2.75, 3.05) is 6.54 Å². The quantitative estimate of drug-likeness (QED) is 0.124. The number of hydrogen-bond donors (Lipinski definition) is 4. The molecule has 2 aromatic carbocycles. The summed E-state index contributed by atoms with van der Waals surface area (Å²) in [4.78, 5) is 24.3. The lowest BCUT2D eigenvalue weighted by molar-refractivity contribution is 0.460. The molecule has 0 unspecified atom stereocenters. The number of aromatic nitrogens is 3. The first-order valence-electron chi connectivity index (χ1n) is 14.0. The summed E-state index contributed by atoms with van der Waals surface area (Å²) in [5, 5.41) is 4.31. The van der Waals surface area contributed by atoms with Crippen LogP contribution in [-0.2, 0) is 6.42 Å². The zero-order valence-corrected chi connectivity index (χ0v) is 24.8. The van der Waals surface area contributed by atoms with Crippen molar-refractivity contribution < 1.29 is 4.39 Å². The minimum Gasteiger partial charge on any atom is -0.370 e. The van der Waals surface area contributed by atoms with E-state index in [1.54, 1.807) is 18.3 Å². The van der Waals surface area contributed by atoms with Crippen LogP contribution < -0.4 is 22.5 Å². The topological polar surface area (TPSA) is 127 Å². The van der Waals surface area contributed by atoms with Crippen LogP contribution in [0, 0.1) is 11.7 Å². The van der Waals surface area contributed by atoms with E-state index >= 15 is 4.39 Å². The highest BCUT2D eigenvalue weighted by Crippen LogP contribution is 2.31. The van der Waals surface area contributed by atoms with Crippen LogP contribution in [0.15, 0.2) is 58.4 Å². The molecular weight excluding hydrogens is 541 g/mol. The van der Waals surface area contributed by atoms with Crippen molar-refractivity contribution in [2.45, 2.75) is 65.5 Å². The van der Waals surface area contributed by atoms with Gasteiger partial charge in [0.1, 0.15) is 5.65 Å². The van der Waals surface area contributed by atoms with E-state index in [0.29, 0.717) is 40.4 Å². The van der Waals surface area contributed by atoms with Gasteiger partial charge < -0.3 is 21.8 Å². The highest BCUT2D eigenvalue weighted by molar-refractivity contribution is 6.31. The van der Waals surface area contributed by atoms with Crippen molar-refractivity contribution in [1.82, 2.24) is 19.9 Å². The van der Waals surface area contributed by atoms with Gasteiger partial charge in [-0.1, -0.05) is 44.0 Å². The zero-order chi connectivity index (χ0) is 29.7. The van der Waals surface area contributed by atoms with Gasteiger partial charge in [-0.15, -0.1) is 0 Å². The van der Waals surface area contributed by atoms with E-state index in [-0.39, 0.29) is 23.1 Å². The molecule has 41 heavy (non-hydrogen) atoms. The van der Waals surface area contributed by atoms with Gasteiger partial charge in [0.25, 0.3) is 0 Å². The largest absolute Gasteiger partial charge is 0.370 e. The van der Waals surface area contributed by atoms with Crippen LogP contribution in [0.1, 0.15) is 64.1 Å². The van der Waals surface area contributed by atoms with Crippen LogP contribution in [0.5, 0.6) is 0 Å². The average Bonchev–Trinajstić information content (AvgIpc) is 3.32. The molecular formula is C31H39ClFN7O. The van der Waals surface area contributed by atoms with Crippen molar-refractivity contribution in [3.63, 3.8) is 0 Å². The monoisotopic (exact) mass is 579 g/mol. The number of guanidine groups is 1. The number of aromatic amines is 1. The van der Waals surface area contributed by atoms with E-state index in [2.05, 4.69) is 48.0 Å². The van der Waals surface area contributed by atoms with Crippen molar-refractivity contribution in [1.29, 1.82) is 0 Å². The first kappa shape index (κ1) is 30.3. The van der Waals surface area contributed by atoms with E-state index in [9.17, 15) is 4.79 Å². The summed E-state index contributed by atoms with van der Waals surface area (Å²) in [5.74, 6) is 0.203. The number of aliphatic imine (C=N–C) groups is 1. The van der Waals surface area contributed by atoms with Gasteiger partial charge in [-0.3, -0.25) is 9.56 Å². The molecule has 0 aliphatic rings. The van der Waals surface area contributed by atoms with Gasteiger partial charge in [0.05, 0.1) is 16.4 Å². The number of nitrogens with one attached hydrogen (secondary N) is 2. The molecule has 0 bridgehead atoms. The van der Waals surface area contributed by atoms with E-state index in [0.717, 1.165) is 36.8 Å². The molecule has 2 heterocycles. The summed E-state index contributed by atoms with van der Waals surface area (Å²) in [5.41, 5.74) is 14.4. The molecule has 6 N–H and O–H groups in total. The number of rotatable bonds is 12. The molecule has 0 amide bonds. The SMILES string of the molecule is CC(C)CCCc1cc(Cl)c(F)c(-c2cc3cn(-c4ccc([C@H](C)N[C@H](C)CCN=C(N)N)cc4)c(=O)nc3[nH]2)c1. The molecule has 218 valence electrons. The molecule has 4 aromatic rings. The summed E-state index contributed by atoms with van der Waals surface area (Å²) in [7, 11) is 0. The molecule has 0 radical (unpaired) electrons. The Labute approximate surface area is 245 Å². The van der Waals surface area contributed by atoms with E-state index in [1.165, 1.54) is 4.57 Å². The van der Waals surface area contributed by atoms with Gasteiger partial charge in [0.2, 0.25) is 0 Å². The summed E-state index contributed by atoms with van der Waals surface area (Å²) < 4.78 is 16.6. The number of halogens is 2. The highest BCUT2D eigenvalue weighted by atomic mass is 35.5. The number of benzene rings is 2. The first-order valence-corrected chi connectivity index (χ1v) is 14.4. The van der Waals surface area contributed by atoms with Crippen LogP contribution in [0.2, 0.25) is 5.02 Å². The molecule has 2 atom stereocenters. The molecule has 0 aliphatic carbocycles. The fourth-order valence-corrected chi connectivity index (χ4v) is 5.18. The van der Waals surface area contributed by atoms with Gasteiger partial charge >= 0.3 is 5.69 Å². The lowest BCUT2D eigenvalue weighted by Crippen LogP contribution is -2.30. The van der Waals surface area contributed by atoms with Crippen molar-refractivity contribution >= 4 is 28.6 Å². The fourth-order valence-electron chi connectivity index (χ4n) is 4.94. The molecule has 10 heteroatoms. The number of H-pyrrole nitrogens is 1. The minimum atomic E-state index is -0.495. The van der Waals surface area contributed by atoms with Crippen LogP contribution >= 0.6 is 11.6 Å². The van der Waals surface area contributed by atoms with Crippen LogP contribution in [0.25, 0.3) is 28.0 Å². The first-order chi connectivity index (χ1) is 19.5. The highest BCUT2D eigenvalue weighted by Gasteiger charge is 2.16. The van der Waals surface area contributed by atoms with E-state index < -0.39 is 11.5 Å². The smallest absolute Gasteiger partial charge is 0.354 e. The van der Waals surface area contributed by atoms with Crippen molar-refractivity contribution in [3.8, 4) is 16.9 Å². The lowest BCUT2D eigenvalue weighted by atomic mass is 10.00. The number of nitrogens with zero attached hydrogens (tertiary/aromatic N) is 3. The number of aryl methyl sites for hydroxylation is 1. The Balaban J connectivity index is 1.54. The fraction of sp³-hybridized carbons (Fsp3) is 0.387. The van der Waals surface area contributed by atoms with Crippen molar-refractivity contribution in [3.05, 3.63) is 81.1 Å². The molecule has 0 spiro atoms. The number of nitrogens with two attached hydrogens (primary N) is 2. The Morgan fingerprint density at radius 3 is 2.54 bits per heavy atom. The third kappa shape index (κ3) is 7.74. The Morgan fingerprint density at radius 2 is 1.85 bits per heavy atom. The van der Waals surface area contributed by atoms with Gasteiger partial charge in [-0.25, -0.2) is 9.18 Å². The van der Waals surface area contributed by atoms with Crippen LogP contribution in [-0.4, -0.2) is 33.1 Å². The second-order valence-electron chi connectivity index (χ2n) is 11.1. The van der Waals surface area contributed by atoms with Gasteiger partial charge in [-0.05, 0) is 80.5 Å². The normalized spacial score (nSPS) is 13.0. The molecule has 0 fully saturated rings. The summed E-state index contributed by atoms with van der Waals surface area (Å²) >= 11 is 6.26. The molecule has 0 saturated heterocycles. The maximum atomic E-state index is 15.1. The predicted octanol–water partition coefficient (Wildman–Crippen LogP) is 5.85. The third-order valence-electron chi connectivity index (χ3n) is 7.20. The standard InChI is InChI=1S/C31H39ClFN7O/c1-18(2)6-5-7-21-14-25(28(33)26(32)15-21)27-16-23-17-40(31(41)39-29(23)38-27)24-10-8-22(9-11-24)20(4)37-19(3)12-13-36-30(34)35/h8-11,14-20,37H,5-7,12-13H2,1-4H3,(H4,34,35,36)(H,38,39,41)/t19-,20+/m1/s1. The van der Waals surface area contributed by atoms with Gasteiger partial charge in [0, 0.05) is 35.8 Å². The minimum absolute atomic E-state index is 0.0835. The second kappa shape index (κ2) is 13.3. The molecule has 8 nitrogen and oxygen atoms in total. The van der Waals surface area contributed by atoms with Crippen LogP contribution in [0.4, 0.5) is 4.39 Å². The maximum Gasteiger partial charge on any atom is 0.354 e. The summed E-state index contributed by atoms with van der Waals surface area (Å²) in [6.07, 6.45) is 5.43. The van der Waals surface area contributed by atoms with Crippen molar-refractivity contribution in [2.24, 2.45) is 22.4 Å². The molecule has 0 aliphatic heterocycles. The molecule has 0 saturated carbocycles. The molecule has 4 rings (SSSR count). The second-order valence-corrected chi connectivity index (χ2v) is 11.5. The van der Waals surface area contributed by atoms with E-state index in [4.69, 9.17) is 23.1 Å². The van der Waals surface area contributed by atoms with Gasteiger partial charge in [0.15, 0.2) is 11.8 Å². The number of hydrogen-bond acceptors (Lipinski definition) is 4. The van der Waals surface area contributed by atoms with Gasteiger partial charge in [-0.2, -0.15) is 4.98 Å². The molecule has 2 aromatic heterocycles. The maximum absolute atomic E-state index is 15.1. The number of fused-ring (bicyclic) bond motifs is 1. The zero-order valence-electron chi connectivity index (χ0n) is 24.0. The Bertz CT molecular complexity index is 1570. The van der Waals surface area contributed by atoms with E-state index in [1.807, 2.05) is 30.3 Å². The third-order valence-corrected chi connectivity index (χ3v) is 7.47. The summed E-state index contributed by atoms with van der Waals surface area (Å²) in [6, 6.07) is 13.4. The summed E-state index contributed by atoms with van der Waals surface area (Å²) in [6.45, 7) is 9.10.